The smallest absolute Gasteiger partial charge is 0.262 e. The van der Waals surface area contributed by atoms with E-state index < -0.39 is 6.10 Å². The number of amides is 1. The van der Waals surface area contributed by atoms with Gasteiger partial charge in [0, 0.05) is 13.1 Å². The summed E-state index contributed by atoms with van der Waals surface area (Å²) >= 11 is 0. The third kappa shape index (κ3) is 3.67. The lowest BCUT2D eigenvalue weighted by molar-refractivity contribution is -0.127. The zero-order valence-electron chi connectivity index (χ0n) is 12.3. The van der Waals surface area contributed by atoms with Gasteiger partial charge in [-0.15, -0.1) is 0 Å². The molecule has 1 aromatic rings. The van der Waals surface area contributed by atoms with Crippen LogP contribution >= 0.6 is 0 Å². The van der Waals surface area contributed by atoms with Crippen molar-refractivity contribution in [3.8, 4) is 5.75 Å². The van der Waals surface area contributed by atoms with Crippen LogP contribution in [0.4, 0.5) is 5.69 Å². The standard InChI is InChI=1S/C16H23N3O2/c20-16(17-8-11-19-9-4-1-5-10-19)15-12-18-13-6-2-3-7-14(13)21-15/h2-3,6-7,15,18H,1,4-5,8-12H2,(H,17,20). The number of carbonyl (C=O) groups is 1. The molecule has 0 saturated carbocycles. The number of para-hydroxylation sites is 2. The minimum absolute atomic E-state index is 0.0333. The molecule has 0 aromatic heterocycles. The van der Waals surface area contributed by atoms with Crippen molar-refractivity contribution >= 4 is 11.6 Å². The second kappa shape index (κ2) is 6.80. The Balaban J connectivity index is 1.44. The van der Waals surface area contributed by atoms with Gasteiger partial charge in [0.1, 0.15) is 5.75 Å². The monoisotopic (exact) mass is 289 g/mol. The highest BCUT2D eigenvalue weighted by Gasteiger charge is 2.25. The van der Waals surface area contributed by atoms with Crippen molar-refractivity contribution in [1.82, 2.24) is 10.2 Å². The van der Waals surface area contributed by atoms with E-state index in [9.17, 15) is 4.79 Å². The first-order chi connectivity index (χ1) is 10.3. The normalized spacial score (nSPS) is 21.8. The van der Waals surface area contributed by atoms with Gasteiger partial charge in [-0.3, -0.25) is 4.79 Å². The van der Waals surface area contributed by atoms with Crippen molar-refractivity contribution in [2.24, 2.45) is 0 Å². The molecule has 1 atom stereocenters. The van der Waals surface area contributed by atoms with E-state index in [1.54, 1.807) is 0 Å². The van der Waals surface area contributed by atoms with Gasteiger partial charge in [0.2, 0.25) is 0 Å². The van der Waals surface area contributed by atoms with Gasteiger partial charge in [-0.05, 0) is 38.1 Å². The summed E-state index contributed by atoms with van der Waals surface area (Å²) in [5, 5.41) is 6.22. The third-order valence-electron chi connectivity index (χ3n) is 4.10. The molecule has 0 spiro atoms. The van der Waals surface area contributed by atoms with Crippen molar-refractivity contribution in [2.45, 2.75) is 25.4 Å². The molecule has 114 valence electrons. The highest BCUT2D eigenvalue weighted by atomic mass is 16.5. The average Bonchev–Trinajstić information content (AvgIpc) is 2.55. The first kappa shape index (κ1) is 14.2. The Hall–Kier alpha value is -1.75. The molecule has 2 heterocycles. The predicted octanol–water partition coefficient (Wildman–Crippen LogP) is 1.46. The number of hydrogen-bond acceptors (Lipinski definition) is 4. The summed E-state index contributed by atoms with van der Waals surface area (Å²) < 4.78 is 5.75. The SMILES string of the molecule is O=C(NCCN1CCCCC1)C1CNc2ccccc2O1. The molecule has 0 radical (unpaired) electrons. The van der Waals surface area contributed by atoms with Crippen LogP contribution in [0.25, 0.3) is 0 Å². The maximum absolute atomic E-state index is 12.2. The van der Waals surface area contributed by atoms with Gasteiger partial charge in [-0.2, -0.15) is 0 Å². The van der Waals surface area contributed by atoms with E-state index in [-0.39, 0.29) is 5.91 Å². The van der Waals surface area contributed by atoms with Crippen LogP contribution in [0.5, 0.6) is 5.75 Å². The van der Waals surface area contributed by atoms with Crippen LogP contribution in [0.1, 0.15) is 19.3 Å². The predicted molar refractivity (Wildman–Crippen MR) is 82.6 cm³/mol. The van der Waals surface area contributed by atoms with Crippen LogP contribution in [0.3, 0.4) is 0 Å². The quantitative estimate of drug-likeness (QED) is 0.881. The summed E-state index contributed by atoms with van der Waals surface area (Å²) in [7, 11) is 0. The number of ether oxygens (including phenoxy) is 1. The van der Waals surface area contributed by atoms with Crippen LogP contribution in [0, 0.1) is 0 Å². The van der Waals surface area contributed by atoms with E-state index in [2.05, 4.69) is 15.5 Å². The second-order valence-electron chi connectivity index (χ2n) is 5.68. The summed E-state index contributed by atoms with van der Waals surface area (Å²) in [6.45, 7) is 4.46. The van der Waals surface area contributed by atoms with Crippen molar-refractivity contribution in [3.05, 3.63) is 24.3 Å². The van der Waals surface area contributed by atoms with E-state index >= 15 is 0 Å². The van der Waals surface area contributed by atoms with Gasteiger partial charge in [0.05, 0.1) is 12.2 Å². The molecule has 2 N–H and O–H groups in total. The average molecular weight is 289 g/mol. The number of benzene rings is 1. The first-order valence-electron chi connectivity index (χ1n) is 7.82. The number of rotatable bonds is 4. The van der Waals surface area contributed by atoms with Gasteiger partial charge in [0.25, 0.3) is 5.91 Å². The van der Waals surface area contributed by atoms with E-state index in [0.29, 0.717) is 13.1 Å². The van der Waals surface area contributed by atoms with Crippen LogP contribution in [-0.4, -0.2) is 49.6 Å². The number of likely N-dealkylation sites (tertiary alicyclic amines) is 1. The molecule has 1 amide bonds. The van der Waals surface area contributed by atoms with Crippen molar-refractivity contribution in [2.75, 3.05) is 38.0 Å². The summed E-state index contributed by atoms with van der Waals surface area (Å²) in [6.07, 6.45) is 3.45. The Morgan fingerprint density at radius 3 is 2.95 bits per heavy atom. The van der Waals surface area contributed by atoms with Gasteiger partial charge in [-0.1, -0.05) is 18.6 Å². The molecular formula is C16H23N3O2. The lowest BCUT2D eigenvalue weighted by atomic mass is 10.1. The lowest BCUT2D eigenvalue weighted by Crippen LogP contribution is -2.47. The largest absolute Gasteiger partial charge is 0.477 e. The number of nitrogens with one attached hydrogen (secondary N) is 2. The molecule has 0 bridgehead atoms. The fraction of sp³-hybridized carbons (Fsp3) is 0.562. The molecular weight excluding hydrogens is 266 g/mol. The van der Waals surface area contributed by atoms with Crippen LogP contribution in [-0.2, 0) is 4.79 Å². The molecule has 3 rings (SSSR count). The van der Waals surface area contributed by atoms with E-state index in [0.717, 1.165) is 31.1 Å². The highest BCUT2D eigenvalue weighted by Crippen LogP contribution is 2.28. The Labute approximate surface area is 125 Å². The molecule has 5 heteroatoms. The molecule has 2 aliphatic heterocycles. The Morgan fingerprint density at radius 1 is 1.29 bits per heavy atom. The highest BCUT2D eigenvalue weighted by molar-refractivity contribution is 5.83. The number of fused-ring (bicyclic) bond motifs is 1. The van der Waals surface area contributed by atoms with Crippen molar-refractivity contribution in [3.63, 3.8) is 0 Å². The molecule has 5 nitrogen and oxygen atoms in total. The molecule has 1 unspecified atom stereocenters. The molecule has 1 aromatic carbocycles. The Bertz CT molecular complexity index is 486. The fourth-order valence-electron chi connectivity index (χ4n) is 2.89. The zero-order valence-corrected chi connectivity index (χ0v) is 12.3. The van der Waals surface area contributed by atoms with Crippen LogP contribution in [0.2, 0.25) is 0 Å². The second-order valence-corrected chi connectivity index (χ2v) is 5.68. The number of nitrogens with zero attached hydrogens (tertiary/aromatic N) is 1. The maximum atomic E-state index is 12.2. The summed E-state index contributed by atoms with van der Waals surface area (Å²) in [5.41, 5.74) is 0.954. The molecule has 1 saturated heterocycles. The summed E-state index contributed by atoms with van der Waals surface area (Å²) in [4.78, 5) is 14.6. The first-order valence-corrected chi connectivity index (χ1v) is 7.82. The molecule has 21 heavy (non-hydrogen) atoms. The molecule has 2 aliphatic rings. The lowest BCUT2D eigenvalue weighted by Gasteiger charge is -2.28. The van der Waals surface area contributed by atoms with Gasteiger partial charge in [-0.25, -0.2) is 0 Å². The Kier molecular flexibility index (Phi) is 4.60. The van der Waals surface area contributed by atoms with Gasteiger partial charge < -0.3 is 20.3 Å². The number of piperidine rings is 1. The van der Waals surface area contributed by atoms with E-state index in [4.69, 9.17) is 4.74 Å². The number of anilines is 1. The summed E-state index contributed by atoms with van der Waals surface area (Å²) in [6, 6.07) is 7.71. The Morgan fingerprint density at radius 2 is 2.10 bits per heavy atom. The van der Waals surface area contributed by atoms with Crippen molar-refractivity contribution < 1.29 is 9.53 Å². The topological polar surface area (TPSA) is 53.6 Å². The van der Waals surface area contributed by atoms with E-state index in [1.165, 1.54) is 19.3 Å². The van der Waals surface area contributed by atoms with Gasteiger partial charge in [0.15, 0.2) is 6.10 Å². The maximum Gasteiger partial charge on any atom is 0.262 e. The third-order valence-corrected chi connectivity index (χ3v) is 4.10. The number of hydrogen-bond donors (Lipinski definition) is 2. The van der Waals surface area contributed by atoms with Crippen molar-refractivity contribution in [1.29, 1.82) is 0 Å². The fourth-order valence-corrected chi connectivity index (χ4v) is 2.89. The van der Waals surface area contributed by atoms with E-state index in [1.807, 2.05) is 24.3 Å². The summed E-state index contributed by atoms with van der Waals surface area (Å²) in [5.74, 6) is 0.717. The minimum Gasteiger partial charge on any atom is -0.477 e. The van der Waals surface area contributed by atoms with Crippen LogP contribution < -0.4 is 15.4 Å². The van der Waals surface area contributed by atoms with Gasteiger partial charge >= 0.3 is 0 Å². The molecule has 0 aliphatic carbocycles. The molecule has 1 fully saturated rings. The zero-order chi connectivity index (χ0) is 14.5. The minimum atomic E-state index is -0.443. The number of carbonyl (C=O) groups excluding carboxylic acids is 1. The van der Waals surface area contributed by atoms with Crippen LogP contribution in [0.15, 0.2) is 24.3 Å².